The maximum absolute atomic E-state index is 11.5. The van der Waals surface area contributed by atoms with Crippen LogP contribution in [0.25, 0.3) is 6.08 Å². The first kappa shape index (κ1) is 27.5. The van der Waals surface area contributed by atoms with Gasteiger partial charge in [-0.15, -0.1) is 6.58 Å². The van der Waals surface area contributed by atoms with Gasteiger partial charge in [-0.05, 0) is 23.6 Å². The van der Waals surface area contributed by atoms with Gasteiger partial charge in [-0.1, -0.05) is 109 Å². The van der Waals surface area contributed by atoms with Crippen LogP contribution in [0, 0.1) is 0 Å². The lowest BCUT2D eigenvalue weighted by molar-refractivity contribution is -0.131. The van der Waals surface area contributed by atoms with Crippen molar-refractivity contribution in [2.24, 2.45) is 0 Å². The quantitative estimate of drug-likeness (QED) is 0.270. The van der Waals surface area contributed by atoms with E-state index < -0.39 is 24.4 Å². The zero-order valence-corrected chi connectivity index (χ0v) is 20.8. The lowest BCUT2D eigenvalue weighted by Crippen LogP contribution is -2.53. The van der Waals surface area contributed by atoms with Gasteiger partial charge in [-0.3, -0.25) is 0 Å². The zero-order valence-electron chi connectivity index (χ0n) is 20.8. The summed E-state index contributed by atoms with van der Waals surface area (Å²) in [6, 6.07) is 28.8. The smallest absolute Gasteiger partial charge is 0.114 e. The molecule has 0 aromatic heterocycles. The molecule has 5 heteroatoms. The van der Waals surface area contributed by atoms with Crippen LogP contribution in [0.4, 0.5) is 0 Å². The average molecular weight is 488 g/mol. The summed E-state index contributed by atoms with van der Waals surface area (Å²) in [5.41, 5.74) is 2.98. The summed E-state index contributed by atoms with van der Waals surface area (Å²) in [7, 11) is 0. The molecule has 3 rings (SSSR count). The molecule has 5 atom stereocenters. The van der Waals surface area contributed by atoms with E-state index >= 15 is 0 Å². The predicted molar refractivity (Wildman–Crippen MR) is 145 cm³/mol. The third-order valence-corrected chi connectivity index (χ3v) is 5.87. The monoisotopic (exact) mass is 487 g/mol. The van der Waals surface area contributed by atoms with E-state index in [0.29, 0.717) is 6.61 Å². The first-order valence-corrected chi connectivity index (χ1v) is 12.3. The summed E-state index contributed by atoms with van der Waals surface area (Å²) >= 11 is 0. The van der Waals surface area contributed by atoms with Crippen LogP contribution in [0.15, 0.2) is 110 Å². The third-order valence-electron chi connectivity index (χ3n) is 5.87. The molecule has 0 unspecified atom stereocenters. The molecule has 0 radical (unpaired) electrons. The molecule has 0 heterocycles. The summed E-state index contributed by atoms with van der Waals surface area (Å²) in [5.74, 6) is 0. The molecule has 0 amide bonds. The number of hydrogen-bond acceptors (Lipinski definition) is 5. The van der Waals surface area contributed by atoms with Crippen LogP contribution in [0.3, 0.4) is 0 Å². The van der Waals surface area contributed by atoms with E-state index in [4.69, 9.17) is 9.47 Å². The molecule has 3 aromatic rings. The lowest BCUT2D eigenvalue weighted by atomic mass is 9.98. The maximum atomic E-state index is 11.5. The summed E-state index contributed by atoms with van der Waals surface area (Å²) in [5, 5.41) is 25.9. The Labute approximate surface area is 214 Å². The Kier molecular flexibility index (Phi) is 11.6. The van der Waals surface area contributed by atoms with Gasteiger partial charge in [0.2, 0.25) is 0 Å². The highest BCUT2D eigenvalue weighted by Crippen LogP contribution is 2.17. The minimum atomic E-state index is -1.05. The van der Waals surface area contributed by atoms with Crippen LogP contribution < -0.4 is 5.32 Å². The molecule has 5 nitrogen and oxygen atoms in total. The van der Waals surface area contributed by atoms with Gasteiger partial charge in [-0.2, -0.15) is 0 Å². The average Bonchev–Trinajstić information content (AvgIpc) is 2.92. The zero-order chi connectivity index (χ0) is 25.6. The molecule has 36 heavy (non-hydrogen) atoms. The topological polar surface area (TPSA) is 71.0 Å². The number of aliphatic hydroxyl groups excluding tert-OH is 2. The van der Waals surface area contributed by atoms with E-state index in [0.717, 1.165) is 16.7 Å². The Morgan fingerprint density at radius 2 is 1.39 bits per heavy atom. The minimum absolute atomic E-state index is 0.0253. The number of rotatable bonds is 15. The van der Waals surface area contributed by atoms with Gasteiger partial charge in [0.25, 0.3) is 0 Å². The van der Waals surface area contributed by atoms with Crippen molar-refractivity contribution in [2.75, 3.05) is 6.61 Å². The Morgan fingerprint density at radius 3 is 1.97 bits per heavy atom. The number of benzene rings is 3. The Bertz CT molecular complexity index is 1030. The van der Waals surface area contributed by atoms with Crippen LogP contribution in [0.5, 0.6) is 0 Å². The number of nitrogens with one attached hydrogen (secondary N) is 1. The Hall–Kier alpha value is -3.06. The molecular formula is C31H37NO4. The van der Waals surface area contributed by atoms with E-state index in [1.807, 2.05) is 110 Å². The second-order valence-electron chi connectivity index (χ2n) is 8.81. The fourth-order valence-corrected chi connectivity index (χ4v) is 3.79. The highest BCUT2D eigenvalue weighted by Gasteiger charge is 2.33. The van der Waals surface area contributed by atoms with Crippen LogP contribution in [-0.2, 0) is 22.7 Å². The van der Waals surface area contributed by atoms with Gasteiger partial charge in [0.1, 0.15) is 18.3 Å². The summed E-state index contributed by atoms with van der Waals surface area (Å²) in [6.45, 7) is 6.45. The second kappa shape index (κ2) is 15.1. The highest BCUT2D eigenvalue weighted by atomic mass is 16.5. The molecule has 0 fully saturated rings. The van der Waals surface area contributed by atoms with Crippen molar-refractivity contribution in [3.63, 3.8) is 0 Å². The largest absolute Gasteiger partial charge is 0.388 e. The Morgan fingerprint density at radius 1 is 0.833 bits per heavy atom. The van der Waals surface area contributed by atoms with Crippen LogP contribution >= 0.6 is 0 Å². The fraction of sp³-hybridized carbons (Fsp3) is 0.290. The van der Waals surface area contributed by atoms with E-state index in [9.17, 15) is 10.2 Å². The van der Waals surface area contributed by atoms with Gasteiger partial charge in [0, 0.05) is 6.04 Å². The third kappa shape index (κ3) is 9.19. The first-order chi connectivity index (χ1) is 17.6. The molecule has 3 N–H and O–H groups in total. The molecule has 0 aliphatic rings. The maximum Gasteiger partial charge on any atom is 0.114 e. The van der Waals surface area contributed by atoms with Gasteiger partial charge < -0.3 is 25.0 Å². The van der Waals surface area contributed by atoms with Crippen LogP contribution in [0.2, 0.25) is 0 Å². The fourth-order valence-electron chi connectivity index (χ4n) is 3.79. The predicted octanol–water partition coefficient (Wildman–Crippen LogP) is 4.76. The van der Waals surface area contributed by atoms with E-state index in [2.05, 4.69) is 11.9 Å². The van der Waals surface area contributed by atoms with Crippen molar-refractivity contribution in [3.8, 4) is 0 Å². The van der Waals surface area contributed by atoms with Crippen LogP contribution in [-0.4, -0.2) is 47.2 Å². The standard InChI is InChI=1S/C31H37NO4/c1-3-24(2)32-28(20-19-25-13-7-4-8-14-25)30(34)31(36-22-27-17-11-6-12-18-27)29(33)23-35-21-26-15-9-5-10-16-26/h3-20,24,28-34H,1,21-23H2,2H3/b20-19+/t24-,28-,29+,30-,31-/m1/s1. The Balaban J connectivity index is 1.75. The van der Waals surface area contributed by atoms with Crippen molar-refractivity contribution in [2.45, 2.75) is 50.5 Å². The van der Waals surface area contributed by atoms with Crippen molar-refractivity contribution in [3.05, 3.63) is 126 Å². The molecule has 0 saturated carbocycles. The molecular weight excluding hydrogens is 450 g/mol. The van der Waals surface area contributed by atoms with E-state index in [1.54, 1.807) is 6.08 Å². The molecule has 0 spiro atoms. The van der Waals surface area contributed by atoms with Gasteiger partial charge in [0.05, 0.1) is 25.9 Å². The molecule has 0 aliphatic heterocycles. The molecule has 0 saturated heterocycles. The lowest BCUT2D eigenvalue weighted by Gasteiger charge is -2.33. The van der Waals surface area contributed by atoms with E-state index in [-0.39, 0.29) is 19.3 Å². The molecule has 0 aliphatic carbocycles. The minimum Gasteiger partial charge on any atom is -0.388 e. The highest BCUT2D eigenvalue weighted by molar-refractivity contribution is 5.49. The summed E-state index contributed by atoms with van der Waals surface area (Å²) < 4.78 is 11.9. The number of aliphatic hydroxyl groups is 2. The van der Waals surface area contributed by atoms with Gasteiger partial charge in [-0.25, -0.2) is 0 Å². The normalized spacial score (nSPS) is 15.8. The van der Waals surface area contributed by atoms with Crippen molar-refractivity contribution >= 4 is 6.08 Å². The molecule has 190 valence electrons. The van der Waals surface area contributed by atoms with Crippen LogP contribution in [0.1, 0.15) is 23.6 Å². The summed E-state index contributed by atoms with van der Waals surface area (Å²) in [4.78, 5) is 0. The van der Waals surface area contributed by atoms with Crippen molar-refractivity contribution in [1.29, 1.82) is 0 Å². The molecule has 3 aromatic carbocycles. The van der Waals surface area contributed by atoms with E-state index in [1.165, 1.54) is 0 Å². The van der Waals surface area contributed by atoms with Gasteiger partial charge >= 0.3 is 0 Å². The van der Waals surface area contributed by atoms with Crippen molar-refractivity contribution in [1.82, 2.24) is 5.32 Å². The molecule has 0 bridgehead atoms. The second-order valence-corrected chi connectivity index (χ2v) is 8.81. The SMILES string of the molecule is C=C[C@@H](C)N[C@H](/C=C/c1ccccc1)[C@@H](O)[C@H](OCc1ccccc1)[C@@H](O)COCc1ccccc1. The summed E-state index contributed by atoms with van der Waals surface area (Å²) in [6.07, 6.45) is 2.64. The first-order valence-electron chi connectivity index (χ1n) is 12.3. The number of ether oxygens (including phenoxy) is 2. The van der Waals surface area contributed by atoms with Crippen molar-refractivity contribution < 1.29 is 19.7 Å². The van der Waals surface area contributed by atoms with Gasteiger partial charge in [0.15, 0.2) is 0 Å². The number of hydrogen-bond donors (Lipinski definition) is 3.